The smallest absolute Gasteiger partial charge is 0.161 e. The van der Waals surface area contributed by atoms with Gasteiger partial charge in [-0.05, 0) is 55.6 Å². The molecule has 2 rings (SSSR count). The summed E-state index contributed by atoms with van der Waals surface area (Å²) < 4.78 is 11.0. The van der Waals surface area contributed by atoms with Crippen LogP contribution in [0.25, 0.3) is 0 Å². The first-order valence-electron chi connectivity index (χ1n) is 8.00. The Labute approximate surface area is 143 Å². The number of halogens is 1. The van der Waals surface area contributed by atoms with Gasteiger partial charge in [-0.15, -0.1) is 0 Å². The number of nitrogens with one attached hydrogen (secondary N) is 1. The summed E-state index contributed by atoms with van der Waals surface area (Å²) in [5.74, 6) is 1.56. The molecule has 0 unspecified atom stereocenters. The second kappa shape index (κ2) is 10.1. The quantitative estimate of drug-likeness (QED) is 0.656. The summed E-state index contributed by atoms with van der Waals surface area (Å²) in [4.78, 5) is 0. The second-order valence-electron chi connectivity index (χ2n) is 5.33. The van der Waals surface area contributed by atoms with Crippen LogP contribution in [0.1, 0.15) is 18.4 Å². The van der Waals surface area contributed by atoms with Crippen molar-refractivity contribution in [2.75, 3.05) is 26.8 Å². The topological polar surface area (TPSA) is 30.5 Å². The van der Waals surface area contributed by atoms with E-state index in [4.69, 9.17) is 21.1 Å². The molecule has 23 heavy (non-hydrogen) atoms. The van der Waals surface area contributed by atoms with Crippen LogP contribution >= 0.6 is 11.6 Å². The molecule has 2 aromatic rings. The number of benzene rings is 2. The number of hydrogen-bond acceptors (Lipinski definition) is 3. The van der Waals surface area contributed by atoms with Crippen LogP contribution in [0.2, 0.25) is 5.02 Å². The van der Waals surface area contributed by atoms with Gasteiger partial charge in [-0.3, -0.25) is 0 Å². The van der Waals surface area contributed by atoms with Crippen LogP contribution in [0.15, 0.2) is 48.5 Å². The first-order valence-corrected chi connectivity index (χ1v) is 8.38. The summed E-state index contributed by atoms with van der Waals surface area (Å²) in [7, 11) is 1.65. The largest absolute Gasteiger partial charge is 0.493 e. The van der Waals surface area contributed by atoms with Gasteiger partial charge in [-0.1, -0.05) is 35.9 Å². The van der Waals surface area contributed by atoms with Gasteiger partial charge in [0.25, 0.3) is 0 Å². The summed E-state index contributed by atoms with van der Waals surface area (Å²) in [6, 6.07) is 15.8. The zero-order valence-corrected chi connectivity index (χ0v) is 14.3. The predicted octanol–water partition coefficient (Wildman–Crippen LogP) is 4.34. The maximum atomic E-state index is 5.88. The molecular weight excluding hydrogens is 310 g/mol. The molecule has 0 saturated carbocycles. The lowest BCUT2D eigenvalue weighted by molar-refractivity contribution is 0.292. The molecule has 0 fully saturated rings. The van der Waals surface area contributed by atoms with Crippen molar-refractivity contribution in [3.05, 3.63) is 59.1 Å². The van der Waals surface area contributed by atoms with Crippen LogP contribution in [-0.2, 0) is 6.42 Å². The van der Waals surface area contributed by atoms with Gasteiger partial charge in [0.1, 0.15) is 6.61 Å². The minimum atomic E-state index is 0.636. The minimum Gasteiger partial charge on any atom is -0.493 e. The van der Waals surface area contributed by atoms with E-state index < -0.39 is 0 Å². The van der Waals surface area contributed by atoms with Crippen LogP contribution in [0.3, 0.4) is 0 Å². The fourth-order valence-corrected chi connectivity index (χ4v) is 2.45. The molecule has 0 radical (unpaired) electrons. The first-order chi connectivity index (χ1) is 11.3. The van der Waals surface area contributed by atoms with Crippen molar-refractivity contribution in [1.29, 1.82) is 0 Å². The first kappa shape index (κ1) is 17.6. The minimum absolute atomic E-state index is 0.636. The normalized spacial score (nSPS) is 10.5. The van der Waals surface area contributed by atoms with Crippen molar-refractivity contribution >= 4 is 11.6 Å². The molecule has 0 amide bonds. The van der Waals surface area contributed by atoms with Crippen LogP contribution < -0.4 is 14.8 Å². The van der Waals surface area contributed by atoms with Crippen LogP contribution in [0.5, 0.6) is 11.5 Å². The summed E-state index contributed by atoms with van der Waals surface area (Å²) in [5.41, 5.74) is 1.34. The Bertz CT molecular complexity index is 572. The Morgan fingerprint density at radius 2 is 1.65 bits per heavy atom. The Balaban J connectivity index is 1.52. The highest BCUT2D eigenvalue weighted by Gasteiger charge is 2.01. The molecule has 0 aromatic heterocycles. The molecule has 0 aliphatic rings. The van der Waals surface area contributed by atoms with E-state index >= 15 is 0 Å². The molecule has 2 aromatic carbocycles. The van der Waals surface area contributed by atoms with Gasteiger partial charge < -0.3 is 14.8 Å². The van der Waals surface area contributed by atoms with E-state index in [-0.39, 0.29) is 0 Å². The highest BCUT2D eigenvalue weighted by atomic mass is 35.5. The number of methoxy groups -OCH3 is 1. The number of aryl methyl sites for hydroxylation is 1. The number of rotatable bonds is 10. The molecule has 0 saturated heterocycles. The van der Waals surface area contributed by atoms with Crippen LogP contribution in [0.4, 0.5) is 0 Å². The SMILES string of the molecule is COc1ccccc1OCCNCCCCc1ccc(Cl)cc1. The Kier molecular flexibility index (Phi) is 7.78. The molecule has 0 aliphatic carbocycles. The molecule has 0 atom stereocenters. The van der Waals surface area contributed by atoms with Gasteiger partial charge >= 0.3 is 0 Å². The Hall–Kier alpha value is -1.71. The Morgan fingerprint density at radius 1 is 0.913 bits per heavy atom. The molecule has 0 aliphatic heterocycles. The Morgan fingerprint density at radius 3 is 2.39 bits per heavy atom. The van der Waals surface area contributed by atoms with Gasteiger partial charge in [0.2, 0.25) is 0 Å². The third kappa shape index (κ3) is 6.51. The van der Waals surface area contributed by atoms with Crippen molar-refractivity contribution in [3.63, 3.8) is 0 Å². The number of ether oxygens (including phenoxy) is 2. The van der Waals surface area contributed by atoms with Crippen molar-refractivity contribution in [2.24, 2.45) is 0 Å². The predicted molar refractivity (Wildman–Crippen MR) is 95.7 cm³/mol. The highest BCUT2D eigenvalue weighted by Crippen LogP contribution is 2.25. The van der Waals surface area contributed by atoms with E-state index in [1.807, 2.05) is 36.4 Å². The maximum absolute atomic E-state index is 5.88. The average Bonchev–Trinajstić information content (AvgIpc) is 2.59. The fraction of sp³-hybridized carbons (Fsp3) is 0.368. The second-order valence-corrected chi connectivity index (χ2v) is 5.77. The molecule has 0 spiro atoms. The van der Waals surface area contributed by atoms with E-state index in [1.165, 1.54) is 12.0 Å². The zero-order chi connectivity index (χ0) is 16.3. The summed E-state index contributed by atoms with van der Waals surface area (Å²) in [5, 5.41) is 4.20. The van der Waals surface area contributed by atoms with Crippen molar-refractivity contribution in [2.45, 2.75) is 19.3 Å². The number of para-hydroxylation sites is 2. The van der Waals surface area contributed by atoms with Gasteiger partial charge in [0.15, 0.2) is 11.5 Å². The van der Waals surface area contributed by atoms with Crippen molar-refractivity contribution in [3.8, 4) is 11.5 Å². The van der Waals surface area contributed by atoms with Crippen molar-refractivity contribution < 1.29 is 9.47 Å². The molecule has 124 valence electrons. The lowest BCUT2D eigenvalue weighted by Crippen LogP contribution is -2.22. The molecular formula is C19H24ClNO2. The molecule has 1 N–H and O–H groups in total. The molecule has 0 bridgehead atoms. The van der Waals surface area contributed by atoms with Gasteiger partial charge in [-0.25, -0.2) is 0 Å². The summed E-state index contributed by atoms with van der Waals surface area (Å²) >= 11 is 5.88. The van der Waals surface area contributed by atoms with Gasteiger partial charge in [0, 0.05) is 11.6 Å². The number of unbranched alkanes of at least 4 members (excludes halogenated alkanes) is 1. The van der Waals surface area contributed by atoms with Gasteiger partial charge in [-0.2, -0.15) is 0 Å². The van der Waals surface area contributed by atoms with Crippen LogP contribution in [0, 0.1) is 0 Å². The average molecular weight is 334 g/mol. The highest BCUT2D eigenvalue weighted by molar-refractivity contribution is 6.30. The molecule has 0 heterocycles. The zero-order valence-electron chi connectivity index (χ0n) is 13.6. The summed E-state index contributed by atoms with van der Waals surface area (Å²) in [6.07, 6.45) is 3.41. The number of hydrogen-bond donors (Lipinski definition) is 1. The summed E-state index contributed by atoms with van der Waals surface area (Å²) in [6.45, 7) is 2.47. The third-order valence-electron chi connectivity index (χ3n) is 3.59. The lowest BCUT2D eigenvalue weighted by atomic mass is 10.1. The van der Waals surface area contributed by atoms with Crippen LogP contribution in [-0.4, -0.2) is 26.8 Å². The van der Waals surface area contributed by atoms with E-state index in [0.717, 1.165) is 42.5 Å². The third-order valence-corrected chi connectivity index (χ3v) is 3.84. The molecule has 3 nitrogen and oxygen atoms in total. The molecule has 4 heteroatoms. The van der Waals surface area contributed by atoms with E-state index in [9.17, 15) is 0 Å². The van der Waals surface area contributed by atoms with Gasteiger partial charge in [0.05, 0.1) is 7.11 Å². The van der Waals surface area contributed by atoms with E-state index in [0.29, 0.717) is 6.61 Å². The van der Waals surface area contributed by atoms with E-state index in [2.05, 4.69) is 17.4 Å². The maximum Gasteiger partial charge on any atom is 0.161 e. The monoisotopic (exact) mass is 333 g/mol. The van der Waals surface area contributed by atoms with Crippen molar-refractivity contribution in [1.82, 2.24) is 5.32 Å². The lowest BCUT2D eigenvalue weighted by Gasteiger charge is -2.10. The fourth-order valence-electron chi connectivity index (χ4n) is 2.33. The van der Waals surface area contributed by atoms with E-state index in [1.54, 1.807) is 7.11 Å². The standard InChI is InChI=1S/C19H24ClNO2/c1-22-18-7-2-3-8-19(18)23-15-14-21-13-5-4-6-16-9-11-17(20)12-10-16/h2-3,7-12,21H,4-6,13-15H2,1H3.